The lowest BCUT2D eigenvalue weighted by Gasteiger charge is -2.42. The Balaban J connectivity index is 3.27. The molecule has 0 bridgehead atoms. The minimum Gasteiger partial charge on any atom is -0.463 e. The molecule has 0 amide bonds. The summed E-state index contributed by atoms with van der Waals surface area (Å²) in [6.07, 6.45) is -5.21. The van der Waals surface area contributed by atoms with Gasteiger partial charge in [-0.05, 0) is 5.53 Å². The van der Waals surface area contributed by atoms with Crippen LogP contribution in [0.3, 0.4) is 0 Å². The molecule has 0 aliphatic carbocycles. The fourth-order valence-corrected chi connectivity index (χ4v) is 2.33. The topological polar surface area (TPSA) is 163 Å². The summed E-state index contributed by atoms with van der Waals surface area (Å²) in [5, 5.41) is 3.50. The lowest BCUT2D eigenvalue weighted by atomic mass is 9.96. The number of rotatable bonds is 6. The van der Waals surface area contributed by atoms with Crippen LogP contribution in [0.5, 0.6) is 0 Å². The van der Waals surface area contributed by atoms with Crippen molar-refractivity contribution in [3.63, 3.8) is 0 Å². The van der Waals surface area contributed by atoms with Crippen molar-refractivity contribution in [1.82, 2.24) is 0 Å². The highest BCUT2D eigenvalue weighted by Crippen LogP contribution is 2.29. The maximum absolute atomic E-state index is 11.4. The molecule has 1 rings (SSSR count). The van der Waals surface area contributed by atoms with E-state index in [1.807, 2.05) is 0 Å². The van der Waals surface area contributed by atoms with E-state index in [1.165, 1.54) is 0 Å². The molecular weight excluding hydrogens is 354 g/mol. The normalized spacial score (nSPS) is 27.5. The van der Waals surface area contributed by atoms with Gasteiger partial charge in [0.15, 0.2) is 6.10 Å². The molecule has 12 heteroatoms. The van der Waals surface area contributed by atoms with Crippen molar-refractivity contribution in [1.29, 1.82) is 0 Å². The van der Waals surface area contributed by atoms with Crippen LogP contribution in [0, 0.1) is 0 Å². The molecule has 26 heavy (non-hydrogen) atoms. The number of hydrogen-bond donors (Lipinski definition) is 0. The van der Waals surface area contributed by atoms with Gasteiger partial charge in [0.1, 0.15) is 24.9 Å². The first-order valence-electron chi connectivity index (χ1n) is 7.50. The minimum absolute atomic E-state index is 0.380. The second-order valence-electron chi connectivity index (χ2n) is 5.30. The van der Waals surface area contributed by atoms with Crippen LogP contribution in [-0.4, -0.2) is 61.1 Å². The molecular formula is C14H19N3O9. The highest BCUT2D eigenvalue weighted by atomic mass is 16.7. The van der Waals surface area contributed by atoms with E-state index in [2.05, 4.69) is 10.0 Å². The van der Waals surface area contributed by atoms with Gasteiger partial charge >= 0.3 is 23.9 Å². The van der Waals surface area contributed by atoms with Crippen molar-refractivity contribution >= 4 is 23.9 Å². The molecule has 2 unspecified atom stereocenters. The Morgan fingerprint density at radius 1 is 0.923 bits per heavy atom. The first kappa shape index (κ1) is 21.2. The summed E-state index contributed by atoms with van der Waals surface area (Å²) in [4.78, 5) is 47.9. The number of esters is 4. The van der Waals surface area contributed by atoms with E-state index in [0.29, 0.717) is 0 Å². The van der Waals surface area contributed by atoms with Crippen LogP contribution in [0.25, 0.3) is 10.4 Å². The Hall–Kier alpha value is -2.85. The Labute approximate surface area is 148 Å². The largest absolute Gasteiger partial charge is 0.463 e. The lowest BCUT2D eigenvalue weighted by molar-refractivity contribution is -0.275. The van der Waals surface area contributed by atoms with Crippen molar-refractivity contribution in [3.05, 3.63) is 10.4 Å². The Bertz CT molecular complexity index is 617. The standard InChI is InChI=1S/C14H19N3O9/c1-6(18)22-5-10-12(23-7(2)19)11(16-17-15)13(24-8(3)20)14(26-10)25-9(4)21/h10-14H,5H2,1-4H3/t10?,11?,12-,13-,14+/m0/s1. The molecule has 5 atom stereocenters. The molecule has 1 aliphatic rings. The Kier molecular flexibility index (Phi) is 7.81. The monoisotopic (exact) mass is 373 g/mol. The second-order valence-corrected chi connectivity index (χ2v) is 5.30. The quantitative estimate of drug-likeness (QED) is 0.210. The van der Waals surface area contributed by atoms with Gasteiger partial charge in [-0.15, -0.1) is 0 Å². The fraction of sp³-hybridized carbons (Fsp3) is 0.714. The molecule has 0 aromatic carbocycles. The molecule has 1 saturated heterocycles. The zero-order valence-electron chi connectivity index (χ0n) is 14.6. The zero-order valence-corrected chi connectivity index (χ0v) is 14.6. The third-order valence-corrected chi connectivity index (χ3v) is 3.14. The molecule has 0 saturated carbocycles. The molecule has 1 fully saturated rings. The SMILES string of the molecule is CC(=O)OCC1O[C@@H](OC(C)=O)[C@@H](OC(C)=O)C(N=[N+]=[N-])[C@H]1OC(C)=O. The van der Waals surface area contributed by atoms with E-state index < -0.39 is 54.5 Å². The number of carbonyl (C=O) groups excluding carboxylic acids is 4. The molecule has 144 valence electrons. The average Bonchev–Trinajstić information content (AvgIpc) is 2.50. The van der Waals surface area contributed by atoms with Crippen molar-refractivity contribution in [2.24, 2.45) is 5.11 Å². The first-order valence-corrected chi connectivity index (χ1v) is 7.50. The summed E-state index contributed by atoms with van der Waals surface area (Å²) in [7, 11) is 0. The van der Waals surface area contributed by atoms with Crippen molar-refractivity contribution < 1.29 is 42.9 Å². The van der Waals surface area contributed by atoms with Crippen LogP contribution in [0.1, 0.15) is 27.7 Å². The number of nitrogens with zero attached hydrogens (tertiary/aromatic N) is 3. The Morgan fingerprint density at radius 3 is 1.92 bits per heavy atom. The average molecular weight is 373 g/mol. The molecule has 1 heterocycles. The van der Waals surface area contributed by atoms with Gasteiger partial charge < -0.3 is 23.7 Å². The number of hydrogen-bond acceptors (Lipinski definition) is 10. The van der Waals surface area contributed by atoms with Gasteiger partial charge in [0.05, 0.1) is 0 Å². The first-order chi connectivity index (χ1) is 12.1. The van der Waals surface area contributed by atoms with Crippen LogP contribution in [0.15, 0.2) is 5.11 Å². The van der Waals surface area contributed by atoms with Crippen LogP contribution in [0.2, 0.25) is 0 Å². The second kappa shape index (κ2) is 9.59. The van der Waals surface area contributed by atoms with Crippen LogP contribution < -0.4 is 0 Å². The molecule has 1 aliphatic heterocycles. The van der Waals surface area contributed by atoms with E-state index in [0.717, 1.165) is 27.7 Å². The minimum atomic E-state index is -1.46. The lowest BCUT2D eigenvalue weighted by Crippen LogP contribution is -2.61. The number of ether oxygens (including phenoxy) is 5. The van der Waals surface area contributed by atoms with Gasteiger partial charge in [0.2, 0.25) is 6.29 Å². The maximum atomic E-state index is 11.4. The predicted octanol–water partition coefficient (Wildman–Crippen LogP) is 0.380. The van der Waals surface area contributed by atoms with E-state index in [-0.39, 0.29) is 6.61 Å². The van der Waals surface area contributed by atoms with Gasteiger partial charge in [-0.2, -0.15) is 0 Å². The van der Waals surface area contributed by atoms with Gasteiger partial charge in [-0.1, -0.05) is 5.11 Å². The summed E-state index contributed by atoms with van der Waals surface area (Å²) < 4.78 is 25.5. The van der Waals surface area contributed by atoms with Crippen LogP contribution >= 0.6 is 0 Å². The van der Waals surface area contributed by atoms with E-state index in [9.17, 15) is 19.2 Å². The van der Waals surface area contributed by atoms with Crippen molar-refractivity contribution in [2.75, 3.05) is 6.61 Å². The van der Waals surface area contributed by atoms with Gasteiger partial charge in [-0.25, -0.2) is 0 Å². The Morgan fingerprint density at radius 2 is 1.46 bits per heavy atom. The molecule has 0 aromatic heterocycles. The third kappa shape index (κ3) is 6.22. The summed E-state index contributed by atoms with van der Waals surface area (Å²) in [5.41, 5.74) is 8.84. The fourth-order valence-electron chi connectivity index (χ4n) is 2.33. The summed E-state index contributed by atoms with van der Waals surface area (Å²) >= 11 is 0. The van der Waals surface area contributed by atoms with Crippen LogP contribution in [-0.2, 0) is 42.9 Å². The molecule has 0 radical (unpaired) electrons. The summed E-state index contributed by atoms with van der Waals surface area (Å²) in [6, 6.07) is -1.29. The highest BCUT2D eigenvalue weighted by Gasteiger charge is 2.51. The number of azide groups is 1. The summed E-state index contributed by atoms with van der Waals surface area (Å²) in [6.45, 7) is 4.06. The smallest absolute Gasteiger partial charge is 0.305 e. The zero-order chi connectivity index (χ0) is 19.9. The van der Waals surface area contributed by atoms with Gasteiger partial charge in [0, 0.05) is 32.6 Å². The molecule has 0 aromatic rings. The predicted molar refractivity (Wildman–Crippen MR) is 81.1 cm³/mol. The maximum Gasteiger partial charge on any atom is 0.305 e. The molecule has 0 spiro atoms. The van der Waals surface area contributed by atoms with Crippen molar-refractivity contribution in [2.45, 2.75) is 58.3 Å². The summed E-state index contributed by atoms with van der Waals surface area (Å²) in [5.74, 6) is -2.91. The third-order valence-electron chi connectivity index (χ3n) is 3.14. The van der Waals surface area contributed by atoms with Crippen molar-refractivity contribution in [3.8, 4) is 0 Å². The van der Waals surface area contributed by atoms with E-state index >= 15 is 0 Å². The molecule has 0 N–H and O–H groups in total. The van der Waals surface area contributed by atoms with E-state index in [1.54, 1.807) is 0 Å². The van der Waals surface area contributed by atoms with Gasteiger partial charge in [0.25, 0.3) is 0 Å². The number of carbonyl (C=O) groups is 4. The van der Waals surface area contributed by atoms with E-state index in [4.69, 9.17) is 29.2 Å². The highest BCUT2D eigenvalue weighted by molar-refractivity contribution is 5.68. The van der Waals surface area contributed by atoms with Crippen LogP contribution in [0.4, 0.5) is 0 Å². The van der Waals surface area contributed by atoms with Gasteiger partial charge in [-0.3, -0.25) is 19.2 Å². The molecule has 12 nitrogen and oxygen atoms in total.